The number of benzene rings is 2. The Balaban J connectivity index is 2.09. The fraction of sp³-hybridized carbons (Fsp3) is 0.321. The second-order valence-corrected chi connectivity index (χ2v) is 9.37. The second-order valence-electron chi connectivity index (χ2n) is 9.37. The van der Waals surface area contributed by atoms with Gasteiger partial charge in [-0.05, 0) is 51.2 Å². The average Bonchev–Trinajstić information content (AvgIpc) is 3.25. The first-order chi connectivity index (χ1) is 19.5. The van der Waals surface area contributed by atoms with E-state index in [2.05, 4.69) is 38.9 Å². The molecule has 0 amide bonds. The molecule has 10 nitrogen and oxygen atoms in total. The van der Waals surface area contributed by atoms with E-state index in [9.17, 15) is 18.3 Å². The number of aliphatic hydroxyl groups is 1. The summed E-state index contributed by atoms with van der Waals surface area (Å²) in [5.41, 5.74) is 2.26. The number of hydrogen-bond acceptors (Lipinski definition) is 6. The van der Waals surface area contributed by atoms with Crippen molar-refractivity contribution in [2.75, 3.05) is 56.8 Å². The number of rotatable bonds is 11. The van der Waals surface area contributed by atoms with Gasteiger partial charge in [-0.15, -0.1) is 0 Å². The van der Waals surface area contributed by atoms with Crippen molar-refractivity contribution in [2.24, 2.45) is 22.0 Å². The van der Waals surface area contributed by atoms with Gasteiger partial charge in [0.15, 0.2) is 11.6 Å². The number of amidine groups is 1. The number of likely N-dealkylation sites (N-methyl/N-ethyl adjacent to an activating group) is 2. The molecule has 0 saturated carbocycles. The van der Waals surface area contributed by atoms with Gasteiger partial charge in [0, 0.05) is 63.0 Å². The average molecular weight is 573 g/mol. The van der Waals surface area contributed by atoms with Crippen molar-refractivity contribution in [3.8, 4) is 5.75 Å². The number of guanidine groups is 1. The lowest BCUT2D eigenvalue weighted by Crippen LogP contribution is -2.29. The SMILES string of the molecule is C=CC(O)Nc1cc(N/C(N=C)=N/C(=N\C)c2cn(C)c3ccc(F)cc23)c(OC(F)F)cc1N(C)CCN(C)C. The maximum absolute atomic E-state index is 14.1. The number of anilines is 3. The van der Waals surface area contributed by atoms with E-state index < -0.39 is 18.7 Å². The molecule has 0 spiro atoms. The largest absolute Gasteiger partial charge is 0.433 e. The van der Waals surface area contributed by atoms with Crippen molar-refractivity contribution in [1.82, 2.24) is 9.47 Å². The minimum absolute atomic E-state index is 0.0689. The maximum atomic E-state index is 14.1. The fourth-order valence-corrected chi connectivity index (χ4v) is 4.08. The van der Waals surface area contributed by atoms with Crippen molar-refractivity contribution in [3.63, 3.8) is 0 Å². The Morgan fingerprint density at radius 3 is 2.51 bits per heavy atom. The molecule has 2 aromatic carbocycles. The Morgan fingerprint density at radius 1 is 1.17 bits per heavy atom. The van der Waals surface area contributed by atoms with E-state index in [1.165, 1.54) is 37.4 Å². The highest BCUT2D eigenvalue weighted by atomic mass is 19.3. The van der Waals surface area contributed by atoms with Crippen LogP contribution in [-0.4, -0.2) is 87.2 Å². The Bertz CT molecular complexity index is 1450. The van der Waals surface area contributed by atoms with Crippen LogP contribution < -0.4 is 20.3 Å². The van der Waals surface area contributed by atoms with Crippen LogP contribution >= 0.6 is 0 Å². The molecular weight excluding hydrogens is 537 g/mol. The number of aryl methyl sites for hydroxylation is 1. The second kappa shape index (κ2) is 13.8. The lowest BCUT2D eigenvalue weighted by molar-refractivity contribution is -0.0493. The van der Waals surface area contributed by atoms with Crippen LogP contribution in [0.4, 0.5) is 30.2 Å². The molecule has 3 rings (SSSR count). The summed E-state index contributed by atoms with van der Waals surface area (Å²) in [6.45, 7) is 5.23. The number of hydrogen-bond donors (Lipinski definition) is 3. The van der Waals surface area contributed by atoms with Crippen LogP contribution in [-0.2, 0) is 7.05 Å². The van der Waals surface area contributed by atoms with Crippen LogP contribution in [0.1, 0.15) is 5.56 Å². The number of fused-ring (bicyclic) bond motifs is 1. The van der Waals surface area contributed by atoms with Crippen molar-refractivity contribution in [3.05, 3.63) is 60.6 Å². The first-order valence-corrected chi connectivity index (χ1v) is 12.6. The monoisotopic (exact) mass is 572 g/mol. The van der Waals surface area contributed by atoms with Crippen LogP contribution in [0, 0.1) is 5.82 Å². The molecule has 0 radical (unpaired) electrons. The normalized spacial score (nSPS) is 13.0. The van der Waals surface area contributed by atoms with Crippen LogP contribution in [0.3, 0.4) is 0 Å². The highest BCUT2D eigenvalue weighted by molar-refractivity contribution is 6.16. The third-order valence-corrected chi connectivity index (χ3v) is 6.15. The van der Waals surface area contributed by atoms with Gasteiger partial charge in [0.1, 0.15) is 12.0 Å². The molecule has 1 atom stereocenters. The lowest BCUT2D eigenvalue weighted by atomic mass is 10.1. The van der Waals surface area contributed by atoms with Gasteiger partial charge in [-0.3, -0.25) is 4.99 Å². The molecule has 0 aliphatic rings. The van der Waals surface area contributed by atoms with Crippen molar-refractivity contribution in [1.29, 1.82) is 0 Å². The lowest BCUT2D eigenvalue weighted by Gasteiger charge is -2.27. The summed E-state index contributed by atoms with van der Waals surface area (Å²) in [6, 6.07) is 7.29. The van der Waals surface area contributed by atoms with Crippen LogP contribution in [0.25, 0.3) is 10.9 Å². The zero-order chi connectivity index (χ0) is 30.3. The van der Waals surface area contributed by atoms with Gasteiger partial charge in [0.05, 0.1) is 17.1 Å². The number of halogens is 3. The van der Waals surface area contributed by atoms with E-state index in [1.54, 1.807) is 19.3 Å². The van der Waals surface area contributed by atoms with E-state index in [4.69, 9.17) is 4.74 Å². The fourth-order valence-electron chi connectivity index (χ4n) is 4.08. The minimum Gasteiger partial charge on any atom is -0.433 e. The number of ether oxygens (including phenoxy) is 1. The molecule has 0 saturated heterocycles. The Labute approximate surface area is 237 Å². The topological polar surface area (TPSA) is 102 Å². The number of nitrogens with zero attached hydrogens (tertiary/aromatic N) is 6. The van der Waals surface area contributed by atoms with Gasteiger partial charge in [0.2, 0.25) is 5.96 Å². The predicted molar refractivity (Wildman–Crippen MR) is 161 cm³/mol. The van der Waals surface area contributed by atoms with Gasteiger partial charge in [0.25, 0.3) is 0 Å². The van der Waals surface area contributed by atoms with Crippen molar-refractivity contribution < 1.29 is 23.0 Å². The molecule has 0 fully saturated rings. The zero-order valence-electron chi connectivity index (χ0n) is 23.7. The molecule has 3 N–H and O–H groups in total. The standard InChI is InChI=1S/C28H35F3N8O2/c1-8-25(40)34-20-14-21(24(41-27(30)31)15-23(20)38(6)12-11-37(4)5)35-28(33-3)36-26(32-2)19-16-39(7)22-10-9-17(29)13-18(19)22/h8-10,13-16,25,27,34,40H,1,3,11-12H2,2,4-7H3,(H,32,35,36). The van der Waals surface area contributed by atoms with E-state index in [0.717, 1.165) is 5.52 Å². The van der Waals surface area contributed by atoms with Crippen LogP contribution in [0.2, 0.25) is 0 Å². The summed E-state index contributed by atoms with van der Waals surface area (Å²) in [6.07, 6.45) is 1.91. The molecule has 13 heteroatoms. The molecule has 1 unspecified atom stereocenters. The Hall–Kier alpha value is -4.36. The third kappa shape index (κ3) is 7.86. The van der Waals surface area contributed by atoms with Gasteiger partial charge in [-0.1, -0.05) is 6.58 Å². The van der Waals surface area contributed by atoms with Crippen LogP contribution in [0.15, 0.2) is 64.2 Å². The predicted octanol–water partition coefficient (Wildman–Crippen LogP) is 4.38. The highest BCUT2D eigenvalue weighted by Gasteiger charge is 2.20. The Morgan fingerprint density at radius 2 is 1.90 bits per heavy atom. The van der Waals surface area contributed by atoms with Gasteiger partial charge in [-0.2, -0.15) is 13.8 Å². The summed E-state index contributed by atoms with van der Waals surface area (Å²) in [5.74, 6) is -0.491. The molecule has 0 aliphatic heterocycles. The quantitative estimate of drug-likeness (QED) is 0.137. The number of nitrogens with one attached hydrogen (secondary N) is 2. The first kappa shape index (κ1) is 31.2. The molecule has 0 aliphatic carbocycles. The Kier molecular flexibility index (Phi) is 10.5. The van der Waals surface area contributed by atoms with Gasteiger partial charge < -0.3 is 34.8 Å². The number of aliphatic hydroxyl groups excluding tert-OH is 1. The van der Waals surface area contributed by atoms with E-state index in [0.29, 0.717) is 35.4 Å². The van der Waals surface area contributed by atoms with E-state index in [-0.39, 0.29) is 23.2 Å². The van der Waals surface area contributed by atoms with Gasteiger partial charge >= 0.3 is 6.61 Å². The minimum atomic E-state index is -3.12. The molecule has 220 valence electrons. The molecule has 41 heavy (non-hydrogen) atoms. The molecule has 0 bridgehead atoms. The first-order valence-electron chi connectivity index (χ1n) is 12.6. The highest BCUT2D eigenvalue weighted by Crippen LogP contribution is 2.38. The third-order valence-electron chi connectivity index (χ3n) is 6.15. The van der Waals surface area contributed by atoms with Crippen LogP contribution in [0.5, 0.6) is 5.75 Å². The van der Waals surface area contributed by atoms with Gasteiger partial charge in [-0.25, -0.2) is 9.38 Å². The smallest absolute Gasteiger partial charge is 0.387 e. The summed E-state index contributed by atoms with van der Waals surface area (Å²) >= 11 is 0. The summed E-state index contributed by atoms with van der Waals surface area (Å²) in [7, 11) is 8.94. The summed E-state index contributed by atoms with van der Waals surface area (Å²) < 4.78 is 47.7. The molecule has 3 aromatic rings. The van der Waals surface area contributed by atoms with Crippen molar-refractivity contribution in [2.45, 2.75) is 12.8 Å². The van der Waals surface area contributed by atoms with E-state index >= 15 is 0 Å². The summed E-state index contributed by atoms with van der Waals surface area (Å²) in [5, 5.41) is 16.6. The van der Waals surface area contributed by atoms with Crippen molar-refractivity contribution >= 4 is 46.5 Å². The number of aliphatic imine (C=N–C) groups is 3. The molecule has 1 aromatic heterocycles. The van der Waals surface area contributed by atoms with E-state index in [1.807, 2.05) is 35.5 Å². The zero-order valence-corrected chi connectivity index (χ0v) is 23.7. The molecular formula is C28H35F3N8O2. The maximum Gasteiger partial charge on any atom is 0.387 e. The molecule has 1 heterocycles. The number of alkyl halides is 2. The summed E-state index contributed by atoms with van der Waals surface area (Å²) in [4.78, 5) is 16.4. The number of aromatic nitrogens is 1.